The number of hydrogen-bond donors (Lipinski definition) is 2. The zero-order valence-electron chi connectivity index (χ0n) is 16.2. The number of carbonyl (C=O) groups excluding carboxylic acids is 2. The van der Waals surface area contributed by atoms with Gasteiger partial charge in [-0.05, 0) is 38.2 Å². The molecule has 2 aliphatic heterocycles. The molecule has 0 spiro atoms. The number of nitrogens with two attached hydrogens (primary N) is 1. The van der Waals surface area contributed by atoms with Gasteiger partial charge in [-0.25, -0.2) is 4.79 Å². The summed E-state index contributed by atoms with van der Waals surface area (Å²) in [5.74, 6) is 0.385. The third kappa shape index (κ3) is 3.48. The van der Waals surface area contributed by atoms with Crippen LogP contribution in [0.1, 0.15) is 42.9 Å². The summed E-state index contributed by atoms with van der Waals surface area (Å²) in [6.45, 7) is 4.06. The van der Waals surface area contributed by atoms with E-state index < -0.39 is 6.03 Å². The summed E-state index contributed by atoms with van der Waals surface area (Å²) in [7, 11) is 0. The van der Waals surface area contributed by atoms with Crippen LogP contribution in [0.25, 0.3) is 11.1 Å². The standard InChI is InChI=1S/C21H27N5O2/c1-14-4-2-5-16(12-14)17-13-23-24-19(17)15-7-10-25(11-8-15)20(27)18-6-3-9-26(18)21(22)28/h2,4-5,12-13,15,18H,3,6-11H2,1H3,(H2,22,28)(H,23,24)/t18-/m1/s1. The highest BCUT2D eigenvalue weighted by molar-refractivity contribution is 5.87. The van der Waals surface area contributed by atoms with Gasteiger partial charge in [0.05, 0.1) is 6.20 Å². The lowest BCUT2D eigenvalue weighted by Gasteiger charge is -2.35. The van der Waals surface area contributed by atoms with Crippen molar-refractivity contribution in [3.8, 4) is 11.1 Å². The lowest BCUT2D eigenvalue weighted by Crippen LogP contribution is -2.51. The van der Waals surface area contributed by atoms with E-state index in [0.29, 0.717) is 32.0 Å². The van der Waals surface area contributed by atoms with Crippen molar-refractivity contribution in [1.82, 2.24) is 20.0 Å². The molecule has 3 N–H and O–H groups in total. The Balaban J connectivity index is 1.43. The zero-order valence-corrected chi connectivity index (χ0v) is 16.2. The highest BCUT2D eigenvalue weighted by Crippen LogP contribution is 2.34. The van der Waals surface area contributed by atoms with E-state index in [1.165, 1.54) is 16.0 Å². The molecule has 0 radical (unpaired) electrons. The molecule has 2 fully saturated rings. The quantitative estimate of drug-likeness (QED) is 0.855. The Morgan fingerprint density at radius 3 is 2.68 bits per heavy atom. The normalized spacial score (nSPS) is 20.5. The topological polar surface area (TPSA) is 95.3 Å². The monoisotopic (exact) mass is 381 g/mol. The van der Waals surface area contributed by atoms with Gasteiger partial charge in [0.1, 0.15) is 6.04 Å². The Kier molecular flexibility index (Phi) is 5.07. The first-order chi connectivity index (χ1) is 13.5. The number of aromatic amines is 1. The molecule has 2 aliphatic rings. The SMILES string of the molecule is Cc1cccc(-c2cn[nH]c2C2CCN(C(=O)[C@H]3CCCN3C(N)=O)CC2)c1. The van der Waals surface area contributed by atoms with E-state index in [2.05, 4.69) is 41.4 Å². The molecule has 3 amide bonds. The molecular weight excluding hydrogens is 354 g/mol. The number of urea groups is 1. The van der Waals surface area contributed by atoms with Crippen molar-refractivity contribution in [1.29, 1.82) is 0 Å². The van der Waals surface area contributed by atoms with E-state index in [-0.39, 0.29) is 11.9 Å². The second kappa shape index (κ2) is 7.66. The van der Waals surface area contributed by atoms with Crippen molar-refractivity contribution in [2.75, 3.05) is 19.6 Å². The van der Waals surface area contributed by atoms with Crippen LogP contribution in [0.3, 0.4) is 0 Å². The Bertz CT molecular complexity index is 869. The van der Waals surface area contributed by atoms with E-state index in [1.807, 2.05) is 11.1 Å². The predicted molar refractivity (Wildman–Crippen MR) is 107 cm³/mol. The summed E-state index contributed by atoms with van der Waals surface area (Å²) in [5.41, 5.74) is 10.1. The Hall–Kier alpha value is -2.83. The van der Waals surface area contributed by atoms with Gasteiger partial charge in [0.25, 0.3) is 0 Å². The highest BCUT2D eigenvalue weighted by Gasteiger charge is 2.37. The number of aryl methyl sites for hydroxylation is 1. The fourth-order valence-electron chi connectivity index (χ4n) is 4.54. The maximum atomic E-state index is 12.9. The molecule has 1 aromatic heterocycles. The molecule has 0 aliphatic carbocycles. The number of likely N-dealkylation sites (tertiary alicyclic amines) is 2. The van der Waals surface area contributed by atoms with Gasteiger partial charge in [0.15, 0.2) is 0 Å². The summed E-state index contributed by atoms with van der Waals surface area (Å²) < 4.78 is 0. The average molecular weight is 381 g/mol. The van der Waals surface area contributed by atoms with Gasteiger partial charge in [-0.2, -0.15) is 5.10 Å². The van der Waals surface area contributed by atoms with Gasteiger partial charge in [0.2, 0.25) is 5.91 Å². The minimum absolute atomic E-state index is 0.0401. The van der Waals surface area contributed by atoms with Crippen molar-refractivity contribution < 1.29 is 9.59 Å². The van der Waals surface area contributed by atoms with Crippen LogP contribution in [-0.4, -0.2) is 57.6 Å². The molecule has 1 atom stereocenters. The molecule has 28 heavy (non-hydrogen) atoms. The maximum Gasteiger partial charge on any atom is 0.315 e. The molecular formula is C21H27N5O2. The number of H-pyrrole nitrogens is 1. The lowest BCUT2D eigenvalue weighted by molar-refractivity contribution is -0.136. The molecule has 0 bridgehead atoms. The third-order valence-corrected chi connectivity index (χ3v) is 6.03. The molecule has 2 aromatic rings. The van der Waals surface area contributed by atoms with Crippen LogP contribution in [0.5, 0.6) is 0 Å². The first kappa shape index (κ1) is 18.5. The number of rotatable bonds is 3. The zero-order chi connectivity index (χ0) is 19.7. The van der Waals surface area contributed by atoms with E-state index in [9.17, 15) is 9.59 Å². The molecule has 0 saturated carbocycles. The molecule has 4 rings (SSSR count). The lowest BCUT2D eigenvalue weighted by atomic mass is 9.89. The predicted octanol–water partition coefficient (Wildman–Crippen LogP) is 2.63. The molecule has 1 aromatic carbocycles. The van der Waals surface area contributed by atoms with Gasteiger partial charge in [-0.15, -0.1) is 0 Å². The number of piperidine rings is 1. The van der Waals surface area contributed by atoms with E-state index in [0.717, 1.165) is 30.5 Å². The van der Waals surface area contributed by atoms with Crippen LogP contribution in [0, 0.1) is 6.92 Å². The summed E-state index contributed by atoms with van der Waals surface area (Å²) >= 11 is 0. The van der Waals surface area contributed by atoms with Crippen LogP contribution in [-0.2, 0) is 4.79 Å². The second-order valence-corrected chi connectivity index (χ2v) is 7.86. The van der Waals surface area contributed by atoms with Crippen molar-refractivity contribution in [2.45, 2.75) is 44.6 Å². The van der Waals surface area contributed by atoms with Crippen LogP contribution < -0.4 is 5.73 Å². The number of primary amides is 1. The van der Waals surface area contributed by atoms with Crippen LogP contribution in [0.2, 0.25) is 0 Å². The van der Waals surface area contributed by atoms with Gasteiger partial charge < -0.3 is 15.5 Å². The second-order valence-electron chi connectivity index (χ2n) is 7.86. The fourth-order valence-corrected chi connectivity index (χ4v) is 4.54. The number of amides is 3. The Morgan fingerprint density at radius 2 is 1.96 bits per heavy atom. The number of benzene rings is 1. The number of nitrogens with one attached hydrogen (secondary N) is 1. The third-order valence-electron chi connectivity index (χ3n) is 6.03. The minimum Gasteiger partial charge on any atom is -0.351 e. The van der Waals surface area contributed by atoms with Crippen molar-refractivity contribution in [2.24, 2.45) is 5.73 Å². The first-order valence-corrected chi connectivity index (χ1v) is 9.99. The van der Waals surface area contributed by atoms with Gasteiger partial charge in [-0.1, -0.05) is 29.8 Å². The number of hydrogen-bond acceptors (Lipinski definition) is 3. The molecule has 7 heteroatoms. The Morgan fingerprint density at radius 1 is 1.18 bits per heavy atom. The Labute approximate surface area is 164 Å². The molecule has 0 unspecified atom stereocenters. The minimum atomic E-state index is -0.494. The molecule has 3 heterocycles. The van der Waals surface area contributed by atoms with Crippen molar-refractivity contribution >= 4 is 11.9 Å². The molecule has 7 nitrogen and oxygen atoms in total. The van der Waals surface area contributed by atoms with Crippen LogP contribution in [0.4, 0.5) is 4.79 Å². The number of aromatic nitrogens is 2. The number of carbonyl (C=O) groups is 2. The summed E-state index contributed by atoms with van der Waals surface area (Å²) in [5, 5.41) is 7.48. The first-order valence-electron chi connectivity index (χ1n) is 9.99. The summed E-state index contributed by atoms with van der Waals surface area (Å²) in [6, 6.07) is 7.56. The van der Waals surface area contributed by atoms with Gasteiger partial charge in [0, 0.05) is 36.8 Å². The van der Waals surface area contributed by atoms with Gasteiger partial charge in [-0.3, -0.25) is 9.89 Å². The summed E-state index contributed by atoms with van der Waals surface area (Å²) in [6.07, 6.45) is 5.21. The van der Waals surface area contributed by atoms with E-state index in [1.54, 1.807) is 0 Å². The smallest absolute Gasteiger partial charge is 0.315 e. The largest absolute Gasteiger partial charge is 0.351 e. The van der Waals surface area contributed by atoms with Crippen molar-refractivity contribution in [3.63, 3.8) is 0 Å². The van der Waals surface area contributed by atoms with E-state index >= 15 is 0 Å². The summed E-state index contributed by atoms with van der Waals surface area (Å²) in [4.78, 5) is 27.9. The molecule has 148 valence electrons. The average Bonchev–Trinajstić information content (AvgIpc) is 3.37. The number of nitrogens with zero attached hydrogens (tertiary/aromatic N) is 3. The van der Waals surface area contributed by atoms with E-state index in [4.69, 9.17) is 5.73 Å². The maximum absolute atomic E-state index is 12.9. The van der Waals surface area contributed by atoms with Crippen LogP contribution >= 0.6 is 0 Å². The fraction of sp³-hybridized carbons (Fsp3) is 0.476. The van der Waals surface area contributed by atoms with Gasteiger partial charge >= 0.3 is 6.03 Å². The molecule has 2 saturated heterocycles. The van der Waals surface area contributed by atoms with Crippen molar-refractivity contribution in [3.05, 3.63) is 41.7 Å². The highest BCUT2D eigenvalue weighted by atomic mass is 16.2. The van der Waals surface area contributed by atoms with Crippen LogP contribution in [0.15, 0.2) is 30.5 Å².